The molecule has 258 valence electrons. The van der Waals surface area contributed by atoms with Crippen LogP contribution in [0.5, 0.6) is 0 Å². The number of para-hydroxylation sites is 2. The van der Waals surface area contributed by atoms with Crippen molar-refractivity contribution in [3.05, 3.63) is 181 Å². The molecule has 0 spiro atoms. The first-order valence-corrected chi connectivity index (χ1v) is 19.1. The molecule has 0 saturated carbocycles. The van der Waals surface area contributed by atoms with E-state index in [-0.39, 0.29) is 0 Å². The number of carbonyl (C=O) groups excluding carboxylic acids is 2. The zero-order valence-electron chi connectivity index (χ0n) is 29.4. The topological polar surface area (TPSA) is 44.0 Å². The van der Waals surface area contributed by atoms with Gasteiger partial charge in [0.1, 0.15) is 12.6 Å². The summed E-state index contributed by atoms with van der Waals surface area (Å²) in [4.78, 5) is 23.1. The number of thiophene rings is 1. The Kier molecular flexibility index (Phi) is 7.00. The molecular formula is C50H30N2O2S. The Morgan fingerprint density at radius 3 is 1.18 bits per heavy atom. The maximum Gasteiger partial charge on any atom is 0.150 e. The Labute approximate surface area is 319 Å². The molecule has 0 bridgehead atoms. The lowest BCUT2D eigenvalue weighted by molar-refractivity contribution is 0.111. The first kappa shape index (κ1) is 31.4. The third-order valence-electron chi connectivity index (χ3n) is 11.1. The molecule has 0 atom stereocenters. The van der Waals surface area contributed by atoms with E-state index < -0.39 is 0 Å². The Hall–Kier alpha value is -7.08. The van der Waals surface area contributed by atoms with Crippen molar-refractivity contribution >= 4 is 87.7 Å². The predicted octanol–water partition coefficient (Wildman–Crippen LogP) is 13.2. The maximum atomic E-state index is 11.5. The van der Waals surface area contributed by atoms with E-state index >= 15 is 0 Å². The lowest BCUT2D eigenvalue weighted by atomic mass is 10.0. The average Bonchev–Trinajstić information content (AvgIpc) is 3.90. The van der Waals surface area contributed by atoms with Crippen molar-refractivity contribution in [2.45, 2.75) is 0 Å². The van der Waals surface area contributed by atoms with Crippen LogP contribution >= 0.6 is 11.3 Å². The van der Waals surface area contributed by atoms with Crippen LogP contribution in [-0.2, 0) is 0 Å². The van der Waals surface area contributed by atoms with Gasteiger partial charge in [-0.25, -0.2) is 0 Å². The highest BCUT2D eigenvalue weighted by molar-refractivity contribution is 7.25. The molecular weight excluding hydrogens is 693 g/mol. The number of aromatic nitrogens is 2. The van der Waals surface area contributed by atoms with Crippen molar-refractivity contribution in [2.24, 2.45) is 0 Å². The number of benzene rings is 8. The molecule has 0 fully saturated rings. The fourth-order valence-corrected chi connectivity index (χ4v) is 9.61. The van der Waals surface area contributed by atoms with Gasteiger partial charge in [0, 0.05) is 64.2 Å². The molecule has 0 amide bonds. The van der Waals surface area contributed by atoms with Gasteiger partial charge in [-0.3, -0.25) is 9.59 Å². The smallest absolute Gasteiger partial charge is 0.150 e. The minimum Gasteiger partial charge on any atom is -0.309 e. The van der Waals surface area contributed by atoms with Gasteiger partial charge in [-0.05, 0) is 107 Å². The lowest BCUT2D eigenvalue weighted by Crippen LogP contribution is -1.93. The van der Waals surface area contributed by atoms with E-state index in [4.69, 9.17) is 0 Å². The van der Waals surface area contributed by atoms with Gasteiger partial charge < -0.3 is 9.13 Å². The molecule has 0 aliphatic carbocycles. The summed E-state index contributed by atoms with van der Waals surface area (Å²) in [5.41, 5.74) is 12.6. The second-order valence-electron chi connectivity index (χ2n) is 14.1. The molecule has 11 rings (SSSR count). The van der Waals surface area contributed by atoms with Crippen LogP contribution in [0.4, 0.5) is 0 Å². The third kappa shape index (κ3) is 4.91. The maximum absolute atomic E-state index is 11.5. The molecule has 0 radical (unpaired) electrons. The number of rotatable bonds is 6. The quantitative estimate of drug-likeness (QED) is 0.160. The van der Waals surface area contributed by atoms with Crippen LogP contribution < -0.4 is 0 Å². The number of carbonyl (C=O) groups is 2. The van der Waals surface area contributed by atoms with Crippen molar-refractivity contribution in [3.8, 4) is 33.6 Å². The SMILES string of the molecule is O=Cc1ccc2c(c1)c1ccccc1n2-c1ccc(-c2ccc3c(c2)sc2cc(-c4ccc(-n5c6ccccc6c6cc(C=O)ccc65)cc4)ccc23)cc1. The molecule has 4 nitrogen and oxygen atoms in total. The summed E-state index contributed by atoms with van der Waals surface area (Å²) >= 11 is 1.84. The van der Waals surface area contributed by atoms with E-state index in [9.17, 15) is 9.59 Å². The van der Waals surface area contributed by atoms with Crippen molar-refractivity contribution in [2.75, 3.05) is 0 Å². The number of fused-ring (bicyclic) bond motifs is 9. The van der Waals surface area contributed by atoms with Crippen LogP contribution in [0, 0.1) is 0 Å². The van der Waals surface area contributed by atoms with Gasteiger partial charge >= 0.3 is 0 Å². The van der Waals surface area contributed by atoms with Gasteiger partial charge in [0.2, 0.25) is 0 Å². The Balaban J connectivity index is 0.918. The van der Waals surface area contributed by atoms with Gasteiger partial charge in [-0.1, -0.05) is 84.9 Å². The standard InChI is InChI=1S/C50H30N2O2S/c53-29-31-9-23-47-43(25-31)39-5-1-3-7-45(39)51(47)37-17-11-33(12-18-37)35-15-21-41-42-22-16-36(28-50(42)55-49(41)27-35)34-13-19-38(20-14-34)52-46-8-4-2-6-40(46)44-26-32(30-54)10-24-48(44)52/h1-30H. The van der Waals surface area contributed by atoms with E-state index in [0.717, 1.165) is 67.6 Å². The van der Waals surface area contributed by atoms with E-state index in [0.29, 0.717) is 11.1 Å². The van der Waals surface area contributed by atoms with E-state index in [1.54, 1.807) is 0 Å². The lowest BCUT2D eigenvalue weighted by Gasteiger charge is -2.10. The highest BCUT2D eigenvalue weighted by atomic mass is 32.1. The van der Waals surface area contributed by atoms with Crippen LogP contribution in [0.15, 0.2) is 170 Å². The fraction of sp³-hybridized carbons (Fsp3) is 0. The predicted molar refractivity (Wildman–Crippen MR) is 230 cm³/mol. The molecule has 5 heteroatoms. The van der Waals surface area contributed by atoms with Gasteiger partial charge in [-0.15, -0.1) is 11.3 Å². The van der Waals surface area contributed by atoms with Crippen molar-refractivity contribution < 1.29 is 9.59 Å². The number of hydrogen-bond donors (Lipinski definition) is 0. The normalized spacial score (nSPS) is 11.8. The van der Waals surface area contributed by atoms with E-state index in [1.807, 2.05) is 59.9 Å². The van der Waals surface area contributed by atoms with Crippen molar-refractivity contribution in [1.82, 2.24) is 9.13 Å². The van der Waals surface area contributed by atoms with Crippen LogP contribution in [0.2, 0.25) is 0 Å². The molecule has 3 aromatic heterocycles. The highest BCUT2D eigenvalue weighted by Gasteiger charge is 2.15. The molecule has 0 aliphatic heterocycles. The number of hydrogen-bond acceptors (Lipinski definition) is 3. The summed E-state index contributed by atoms with van der Waals surface area (Å²) < 4.78 is 7.08. The van der Waals surface area contributed by atoms with Crippen molar-refractivity contribution in [1.29, 1.82) is 0 Å². The average molecular weight is 723 g/mol. The Morgan fingerprint density at radius 1 is 0.345 bits per heavy atom. The first-order valence-electron chi connectivity index (χ1n) is 18.3. The molecule has 0 aliphatic rings. The highest BCUT2D eigenvalue weighted by Crippen LogP contribution is 2.40. The molecule has 8 aromatic carbocycles. The summed E-state index contributed by atoms with van der Waals surface area (Å²) in [6, 6.07) is 59.7. The minimum atomic E-state index is 0.681. The molecule has 55 heavy (non-hydrogen) atoms. The Morgan fingerprint density at radius 2 is 0.745 bits per heavy atom. The zero-order valence-corrected chi connectivity index (χ0v) is 30.3. The molecule has 0 N–H and O–H groups in total. The van der Waals surface area contributed by atoms with Gasteiger partial charge in [0.15, 0.2) is 0 Å². The van der Waals surface area contributed by atoms with Crippen molar-refractivity contribution in [3.63, 3.8) is 0 Å². The number of aldehydes is 2. The molecule has 3 heterocycles. The summed E-state index contributed by atoms with van der Waals surface area (Å²) in [5.74, 6) is 0. The summed E-state index contributed by atoms with van der Waals surface area (Å²) in [6.45, 7) is 0. The largest absolute Gasteiger partial charge is 0.309 e. The second kappa shape index (κ2) is 12.2. The summed E-state index contributed by atoms with van der Waals surface area (Å²) in [6.07, 6.45) is 1.82. The monoisotopic (exact) mass is 722 g/mol. The van der Waals surface area contributed by atoms with Gasteiger partial charge in [-0.2, -0.15) is 0 Å². The van der Waals surface area contributed by atoms with Crippen LogP contribution in [0.3, 0.4) is 0 Å². The van der Waals surface area contributed by atoms with Crippen LogP contribution in [-0.4, -0.2) is 21.7 Å². The molecule has 0 saturated heterocycles. The van der Waals surface area contributed by atoms with Crippen LogP contribution in [0.1, 0.15) is 20.7 Å². The number of nitrogens with zero attached hydrogens (tertiary/aromatic N) is 2. The second-order valence-corrected chi connectivity index (χ2v) is 15.2. The van der Waals surface area contributed by atoms with E-state index in [2.05, 4.69) is 130 Å². The first-order chi connectivity index (χ1) is 27.1. The Bertz CT molecular complexity index is 3120. The van der Waals surface area contributed by atoms with E-state index in [1.165, 1.54) is 42.4 Å². The third-order valence-corrected chi connectivity index (χ3v) is 12.2. The van der Waals surface area contributed by atoms with Gasteiger partial charge in [0.25, 0.3) is 0 Å². The fourth-order valence-electron chi connectivity index (χ4n) is 8.43. The molecule has 11 aromatic rings. The zero-order chi connectivity index (χ0) is 36.6. The summed E-state index contributed by atoms with van der Waals surface area (Å²) in [7, 11) is 0. The van der Waals surface area contributed by atoms with Gasteiger partial charge in [0.05, 0.1) is 22.1 Å². The molecule has 0 unspecified atom stereocenters. The van der Waals surface area contributed by atoms with Crippen LogP contribution in [0.25, 0.3) is 97.4 Å². The summed E-state index contributed by atoms with van der Waals surface area (Å²) in [5, 5.41) is 6.97. The minimum absolute atomic E-state index is 0.681.